The smallest absolute Gasteiger partial charge is 0.326 e. The van der Waals surface area contributed by atoms with Gasteiger partial charge in [0.2, 0.25) is 5.91 Å². The number of aromatic amines is 1. The van der Waals surface area contributed by atoms with Gasteiger partial charge in [0.15, 0.2) is 0 Å². The van der Waals surface area contributed by atoms with Crippen LogP contribution in [0.15, 0.2) is 12.3 Å². The lowest BCUT2D eigenvalue weighted by Gasteiger charge is -2.19. The summed E-state index contributed by atoms with van der Waals surface area (Å²) in [6, 6.07) is 0.842. The van der Waals surface area contributed by atoms with E-state index in [-0.39, 0.29) is 18.2 Å². The van der Waals surface area contributed by atoms with Crippen LogP contribution in [0.3, 0.4) is 0 Å². The molecule has 1 rings (SSSR count). The van der Waals surface area contributed by atoms with Gasteiger partial charge in [0, 0.05) is 11.9 Å². The summed E-state index contributed by atoms with van der Waals surface area (Å²) in [6.45, 7) is 3.69. The molecule has 0 fully saturated rings. The maximum Gasteiger partial charge on any atom is 0.326 e. The summed E-state index contributed by atoms with van der Waals surface area (Å²) < 4.78 is 0. The number of carboxylic acid groups (broad SMARTS) is 1. The van der Waals surface area contributed by atoms with Gasteiger partial charge in [-0.2, -0.15) is 5.10 Å². The second-order valence-electron chi connectivity index (χ2n) is 4.03. The fourth-order valence-corrected chi connectivity index (χ4v) is 1.46. The Kier molecular flexibility index (Phi) is 4.68. The highest BCUT2D eigenvalue weighted by Crippen LogP contribution is 2.08. The lowest BCUT2D eigenvalue weighted by molar-refractivity contribution is -0.143. The lowest BCUT2D eigenvalue weighted by atomic mass is 9.99. The number of H-pyrrole nitrogens is 1. The Hall–Kier alpha value is -1.85. The van der Waals surface area contributed by atoms with E-state index >= 15 is 0 Å². The van der Waals surface area contributed by atoms with Crippen molar-refractivity contribution in [2.75, 3.05) is 0 Å². The summed E-state index contributed by atoms with van der Waals surface area (Å²) in [5.41, 5.74) is 0.663. The summed E-state index contributed by atoms with van der Waals surface area (Å²) in [5, 5.41) is 17.9. The maximum atomic E-state index is 11.6. The van der Waals surface area contributed by atoms with E-state index in [9.17, 15) is 9.59 Å². The van der Waals surface area contributed by atoms with Gasteiger partial charge in [-0.1, -0.05) is 20.3 Å². The van der Waals surface area contributed by atoms with Crippen LogP contribution in [0, 0.1) is 5.92 Å². The minimum Gasteiger partial charge on any atom is -0.480 e. The number of hydrogen-bond donors (Lipinski definition) is 3. The molecule has 1 aromatic heterocycles. The normalized spacial score (nSPS) is 14.0. The monoisotopic (exact) mass is 239 g/mol. The van der Waals surface area contributed by atoms with E-state index in [2.05, 4.69) is 15.5 Å². The molecule has 0 bridgehead atoms. The first kappa shape index (κ1) is 13.2. The predicted molar refractivity (Wildman–Crippen MR) is 61.3 cm³/mol. The van der Waals surface area contributed by atoms with Gasteiger partial charge in [0.25, 0.3) is 0 Å². The number of carbonyl (C=O) groups excluding carboxylic acids is 1. The molecule has 0 aliphatic rings. The van der Waals surface area contributed by atoms with Crippen LogP contribution in [0.25, 0.3) is 0 Å². The van der Waals surface area contributed by atoms with E-state index in [1.165, 1.54) is 0 Å². The summed E-state index contributed by atoms with van der Waals surface area (Å²) in [4.78, 5) is 22.6. The molecule has 0 spiro atoms. The number of carboxylic acids is 1. The number of nitrogens with zero attached hydrogens (tertiary/aromatic N) is 1. The number of nitrogens with one attached hydrogen (secondary N) is 2. The quantitative estimate of drug-likeness (QED) is 0.676. The zero-order valence-electron chi connectivity index (χ0n) is 9.93. The number of carbonyl (C=O) groups is 2. The van der Waals surface area contributed by atoms with Crippen molar-refractivity contribution in [3.8, 4) is 0 Å². The fraction of sp³-hybridized carbons (Fsp3) is 0.545. The number of rotatable bonds is 6. The molecule has 1 heterocycles. The molecule has 94 valence electrons. The molecule has 0 saturated carbocycles. The molecule has 6 nitrogen and oxygen atoms in total. The van der Waals surface area contributed by atoms with Gasteiger partial charge in [0.05, 0.1) is 6.42 Å². The Bertz CT molecular complexity index is 375. The van der Waals surface area contributed by atoms with Crippen molar-refractivity contribution in [3.63, 3.8) is 0 Å². The first-order valence-corrected chi connectivity index (χ1v) is 5.55. The van der Waals surface area contributed by atoms with Crippen molar-refractivity contribution in [1.82, 2.24) is 15.5 Å². The second kappa shape index (κ2) is 6.03. The minimum absolute atomic E-state index is 0.0989. The Labute approximate surface area is 99.4 Å². The molecular formula is C11H17N3O3. The average Bonchev–Trinajstić information content (AvgIpc) is 2.77. The van der Waals surface area contributed by atoms with Crippen molar-refractivity contribution in [2.45, 2.75) is 32.7 Å². The van der Waals surface area contributed by atoms with Gasteiger partial charge >= 0.3 is 5.97 Å². The molecule has 0 saturated heterocycles. The Morgan fingerprint density at radius 2 is 2.29 bits per heavy atom. The van der Waals surface area contributed by atoms with Crippen molar-refractivity contribution in [3.05, 3.63) is 18.0 Å². The zero-order valence-corrected chi connectivity index (χ0v) is 9.93. The van der Waals surface area contributed by atoms with E-state index in [0.717, 1.165) is 0 Å². The van der Waals surface area contributed by atoms with E-state index in [0.29, 0.717) is 12.1 Å². The van der Waals surface area contributed by atoms with Crippen LogP contribution < -0.4 is 5.32 Å². The molecule has 2 atom stereocenters. The molecule has 1 aromatic rings. The van der Waals surface area contributed by atoms with Gasteiger partial charge in [-0.05, 0) is 12.0 Å². The summed E-state index contributed by atoms with van der Waals surface area (Å²) in [7, 11) is 0. The van der Waals surface area contributed by atoms with Crippen LogP contribution >= 0.6 is 0 Å². The standard InChI is InChI=1S/C11H17N3O3/c1-3-7(2)10(11(16)17)13-9(15)6-8-4-5-12-14-8/h4-5,7,10H,3,6H2,1-2H3,(H,12,14)(H,13,15)(H,16,17). The average molecular weight is 239 g/mol. The molecule has 0 aliphatic carbocycles. The lowest BCUT2D eigenvalue weighted by Crippen LogP contribution is -2.45. The van der Waals surface area contributed by atoms with E-state index in [4.69, 9.17) is 5.11 Å². The third-order valence-electron chi connectivity index (χ3n) is 2.70. The van der Waals surface area contributed by atoms with Crippen LogP contribution in [-0.4, -0.2) is 33.2 Å². The fourth-order valence-electron chi connectivity index (χ4n) is 1.46. The molecule has 2 unspecified atom stereocenters. The van der Waals surface area contributed by atoms with Crippen LogP contribution in [-0.2, 0) is 16.0 Å². The van der Waals surface area contributed by atoms with Crippen LogP contribution in [0.4, 0.5) is 0 Å². The van der Waals surface area contributed by atoms with Crippen LogP contribution in [0.1, 0.15) is 26.0 Å². The van der Waals surface area contributed by atoms with E-state index in [1.54, 1.807) is 19.2 Å². The van der Waals surface area contributed by atoms with E-state index in [1.807, 2.05) is 6.92 Å². The van der Waals surface area contributed by atoms with Crippen molar-refractivity contribution < 1.29 is 14.7 Å². The summed E-state index contributed by atoms with van der Waals surface area (Å²) >= 11 is 0. The van der Waals surface area contributed by atoms with Gasteiger partial charge in [-0.25, -0.2) is 4.79 Å². The molecule has 6 heteroatoms. The Morgan fingerprint density at radius 3 is 2.76 bits per heavy atom. The first-order valence-electron chi connectivity index (χ1n) is 5.55. The molecule has 1 amide bonds. The number of aromatic nitrogens is 2. The molecule has 17 heavy (non-hydrogen) atoms. The molecule has 0 aromatic carbocycles. The van der Waals surface area contributed by atoms with E-state index < -0.39 is 12.0 Å². The third kappa shape index (κ3) is 3.90. The highest BCUT2D eigenvalue weighted by atomic mass is 16.4. The Balaban J connectivity index is 2.55. The van der Waals surface area contributed by atoms with Crippen molar-refractivity contribution >= 4 is 11.9 Å². The summed E-state index contributed by atoms with van der Waals surface area (Å²) in [6.07, 6.45) is 2.35. The van der Waals surface area contributed by atoms with Gasteiger partial charge < -0.3 is 10.4 Å². The topological polar surface area (TPSA) is 95.1 Å². The zero-order chi connectivity index (χ0) is 12.8. The number of hydrogen-bond acceptors (Lipinski definition) is 3. The van der Waals surface area contributed by atoms with Gasteiger partial charge in [0.1, 0.15) is 6.04 Å². The number of amides is 1. The number of aliphatic carboxylic acids is 1. The largest absolute Gasteiger partial charge is 0.480 e. The van der Waals surface area contributed by atoms with Crippen molar-refractivity contribution in [1.29, 1.82) is 0 Å². The summed E-state index contributed by atoms with van der Waals surface area (Å²) in [5.74, 6) is -1.42. The molecule has 0 aliphatic heterocycles. The third-order valence-corrected chi connectivity index (χ3v) is 2.70. The highest BCUT2D eigenvalue weighted by Gasteiger charge is 2.25. The van der Waals surface area contributed by atoms with Crippen molar-refractivity contribution in [2.24, 2.45) is 5.92 Å². The van der Waals surface area contributed by atoms with Crippen LogP contribution in [0.2, 0.25) is 0 Å². The SMILES string of the molecule is CCC(C)C(NC(=O)Cc1ccn[nH]1)C(=O)O. The first-order chi connectivity index (χ1) is 8.04. The molecule has 0 radical (unpaired) electrons. The predicted octanol–water partition coefficient (Wildman–Crippen LogP) is 0.568. The van der Waals surface area contributed by atoms with Crippen LogP contribution in [0.5, 0.6) is 0 Å². The maximum absolute atomic E-state index is 11.6. The van der Waals surface area contributed by atoms with Gasteiger partial charge in [-0.3, -0.25) is 9.89 Å². The second-order valence-corrected chi connectivity index (χ2v) is 4.03. The molecular weight excluding hydrogens is 222 g/mol. The molecule has 3 N–H and O–H groups in total. The highest BCUT2D eigenvalue weighted by molar-refractivity contribution is 5.84. The Morgan fingerprint density at radius 1 is 1.59 bits per heavy atom. The minimum atomic E-state index is -1.00. The van der Waals surface area contributed by atoms with Gasteiger partial charge in [-0.15, -0.1) is 0 Å².